The minimum atomic E-state index is 0. The van der Waals surface area contributed by atoms with Gasteiger partial charge in [-0.15, -0.1) is 6.20 Å². The molecule has 0 aliphatic carbocycles. The molecule has 0 aliphatic rings. The van der Waals surface area contributed by atoms with E-state index in [4.69, 9.17) is 0 Å². The fraction of sp³-hybridized carbons (Fsp3) is 0. The predicted molar refractivity (Wildman–Crippen MR) is 63.4 cm³/mol. The first-order valence-corrected chi connectivity index (χ1v) is 5.21. The smallest absolute Gasteiger partial charge is 0.110 e. The molecule has 1 aromatic carbocycles. The number of hydrogen-bond acceptors (Lipinski definition) is 3. The standard InChI is InChI=1S/C13H9N4.Ir/c1-2-4-11(5-3-1)12-8-16-17(9-12)13-6-7-14-10-15-13;/h1-5,7-10H;/q-1;. The summed E-state index contributed by atoms with van der Waals surface area (Å²) in [5.41, 5.74) is 2.19. The maximum atomic E-state index is 4.26. The summed E-state index contributed by atoms with van der Waals surface area (Å²) >= 11 is 0. The molecule has 0 amide bonds. The van der Waals surface area contributed by atoms with Gasteiger partial charge in [0.15, 0.2) is 0 Å². The van der Waals surface area contributed by atoms with Crippen LogP contribution in [0.3, 0.4) is 0 Å². The Bertz CT molecular complexity index is 553. The zero-order chi connectivity index (χ0) is 11.5. The largest absolute Gasteiger partial charge is 0.406 e. The van der Waals surface area contributed by atoms with Crippen LogP contribution in [-0.4, -0.2) is 19.7 Å². The van der Waals surface area contributed by atoms with Crippen molar-refractivity contribution in [1.82, 2.24) is 19.7 Å². The van der Waals surface area contributed by atoms with Gasteiger partial charge in [0, 0.05) is 31.9 Å². The summed E-state index contributed by atoms with van der Waals surface area (Å²) in [6.07, 6.45) is 6.79. The zero-order valence-electron chi connectivity index (χ0n) is 9.32. The Hall–Kier alpha value is -1.84. The molecule has 0 saturated heterocycles. The third-order valence-corrected chi connectivity index (χ3v) is 2.42. The minimum Gasteiger partial charge on any atom is -0.406 e. The maximum absolute atomic E-state index is 4.26. The number of rotatable bonds is 2. The van der Waals surface area contributed by atoms with Crippen LogP contribution >= 0.6 is 0 Å². The third kappa shape index (κ3) is 2.53. The topological polar surface area (TPSA) is 43.6 Å². The van der Waals surface area contributed by atoms with Crippen molar-refractivity contribution in [2.24, 2.45) is 0 Å². The first kappa shape index (κ1) is 12.6. The van der Waals surface area contributed by atoms with Gasteiger partial charge < -0.3 is 6.07 Å². The van der Waals surface area contributed by atoms with Gasteiger partial charge in [0.25, 0.3) is 0 Å². The van der Waals surface area contributed by atoms with Crippen LogP contribution in [0.1, 0.15) is 0 Å². The molecule has 0 N–H and O–H groups in total. The van der Waals surface area contributed by atoms with Crippen LogP contribution < -0.4 is 0 Å². The molecule has 0 unspecified atom stereocenters. The van der Waals surface area contributed by atoms with E-state index in [0.29, 0.717) is 5.82 Å². The second-order valence-corrected chi connectivity index (χ2v) is 3.53. The summed E-state index contributed by atoms with van der Waals surface area (Å²) in [6.45, 7) is 0. The predicted octanol–water partition coefficient (Wildman–Crippen LogP) is 2.13. The first-order valence-electron chi connectivity index (χ1n) is 5.21. The molecule has 2 heterocycles. The summed E-state index contributed by atoms with van der Waals surface area (Å²) in [6, 6.07) is 13.0. The van der Waals surface area contributed by atoms with Gasteiger partial charge in [0.1, 0.15) is 6.33 Å². The van der Waals surface area contributed by atoms with Crippen LogP contribution in [0, 0.1) is 6.07 Å². The summed E-state index contributed by atoms with van der Waals surface area (Å²) in [5, 5.41) is 4.26. The molecule has 1 radical (unpaired) electrons. The van der Waals surface area contributed by atoms with Crippen LogP contribution in [-0.2, 0) is 20.1 Å². The van der Waals surface area contributed by atoms with Crippen LogP contribution in [0.4, 0.5) is 0 Å². The Morgan fingerprint density at radius 2 is 1.89 bits per heavy atom. The van der Waals surface area contributed by atoms with Crippen molar-refractivity contribution in [2.45, 2.75) is 0 Å². The van der Waals surface area contributed by atoms with Crippen LogP contribution in [0.25, 0.3) is 16.9 Å². The van der Waals surface area contributed by atoms with Gasteiger partial charge in [-0.3, -0.25) is 14.6 Å². The quantitative estimate of drug-likeness (QED) is 0.605. The second kappa shape index (κ2) is 5.67. The van der Waals surface area contributed by atoms with Gasteiger partial charge in [-0.2, -0.15) is 5.10 Å². The van der Waals surface area contributed by atoms with Crippen molar-refractivity contribution >= 4 is 0 Å². The normalized spacial score (nSPS) is 9.78. The Morgan fingerprint density at radius 3 is 2.61 bits per heavy atom. The molecule has 2 aromatic heterocycles. The van der Waals surface area contributed by atoms with Gasteiger partial charge in [0.05, 0.1) is 6.20 Å². The molecule has 0 bridgehead atoms. The monoisotopic (exact) mass is 414 g/mol. The number of benzene rings is 1. The van der Waals surface area contributed by atoms with Crippen LogP contribution in [0.15, 0.2) is 55.2 Å². The molecule has 4 nitrogen and oxygen atoms in total. The van der Waals surface area contributed by atoms with E-state index in [1.165, 1.54) is 6.33 Å². The molecule has 0 aliphatic heterocycles. The summed E-state index contributed by atoms with van der Waals surface area (Å²) < 4.78 is 1.68. The van der Waals surface area contributed by atoms with E-state index in [1.807, 2.05) is 42.7 Å². The van der Waals surface area contributed by atoms with Gasteiger partial charge in [-0.1, -0.05) is 30.3 Å². The molecule has 3 rings (SSSR count). The summed E-state index contributed by atoms with van der Waals surface area (Å²) in [5.74, 6) is 0.641. The van der Waals surface area contributed by atoms with Gasteiger partial charge in [0.2, 0.25) is 0 Å². The second-order valence-electron chi connectivity index (χ2n) is 3.53. The average molecular weight is 413 g/mol. The van der Waals surface area contributed by atoms with Crippen molar-refractivity contribution < 1.29 is 20.1 Å². The van der Waals surface area contributed by atoms with E-state index in [1.54, 1.807) is 10.9 Å². The number of hydrogen-bond donors (Lipinski definition) is 0. The molecule has 3 aromatic rings. The number of aromatic nitrogens is 4. The molecule has 0 saturated carbocycles. The first-order chi connectivity index (χ1) is 8.43. The molecule has 0 spiro atoms. The SMILES string of the molecule is [Ir].[c-]1cncnc1-n1cc(-c2ccccc2)cn1. The van der Waals surface area contributed by atoms with E-state index < -0.39 is 0 Å². The third-order valence-electron chi connectivity index (χ3n) is 2.42. The molecule has 18 heavy (non-hydrogen) atoms. The van der Waals surface area contributed by atoms with E-state index >= 15 is 0 Å². The van der Waals surface area contributed by atoms with Crippen LogP contribution in [0.5, 0.6) is 0 Å². The van der Waals surface area contributed by atoms with Crippen molar-refractivity contribution in [3.05, 3.63) is 61.3 Å². The molecular formula is C13H9IrN4-. The Labute approximate surface area is 118 Å². The molecule has 5 heteroatoms. The summed E-state index contributed by atoms with van der Waals surface area (Å²) in [4.78, 5) is 7.92. The maximum Gasteiger partial charge on any atom is 0.110 e. The zero-order valence-corrected chi connectivity index (χ0v) is 11.7. The van der Waals surface area contributed by atoms with E-state index in [2.05, 4.69) is 21.1 Å². The van der Waals surface area contributed by atoms with Crippen LogP contribution in [0.2, 0.25) is 0 Å². The molecular weight excluding hydrogens is 404 g/mol. The van der Waals surface area contributed by atoms with Gasteiger partial charge in [-0.05, 0) is 11.4 Å². The van der Waals surface area contributed by atoms with E-state index in [9.17, 15) is 0 Å². The summed E-state index contributed by atoms with van der Waals surface area (Å²) in [7, 11) is 0. The molecule has 0 atom stereocenters. The Balaban J connectivity index is 0.00000120. The Morgan fingerprint density at radius 1 is 1.06 bits per heavy atom. The van der Waals surface area contributed by atoms with Gasteiger partial charge in [-0.25, -0.2) is 0 Å². The average Bonchev–Trinajstić information content (AvgIpc) is 2.90. The van der Waals surface area contributed by atoms with Gasteiger partial charge >= 0.3 is 0 Å². The van der Waals surface area contributed by atoms with Crippen molar-refractivity contribution in [3.8, 4) is 16.9 Å². The minimum absolute atomic E-state index is 0. The fourth-order valence-electron chi connectivity index (χ4n) is 1.60. The molecule has 0 fully saturated rings. The van der Waals surface area contributed by atoms with E-state index in [0.717, 1.165) is 11.1 Å². The van der Waals surface area contributed by atoms with Crippen molar-refractivity contribution in [1.29, 1.82) is 0 Å². The Kier molecular flexibility index (Phi) is 3.97. The fourth-order valence-corrected chi connectivity index (χ4v) is 1.60. The molecule has 91 valence electrons. The number of nitrogens with zero attached hydrogens (tertiary/aromatic N) is 4. The van der Waals surface area contributed by atoms with E-state index in [-0.39, 0.29) is 20.1 Å². The van der Waals surface area contributed by atoms with Crippen molar-refractivity contribution in [3.63, 3.8) is 0 Å². The van der Waals surface area contributed by atoms with Crippen molar-refractivity contribution in [2.75, 3.05) is 0 Å².